The number of hydrogen-bond donors (Lipinski definition) is 2. The van der Waals surface area contributed by atoms with Crippen LogP contribution in [-0.2, 0) is 0 Å². The van der Waals surface area contributed by atoms with Crippen molar-refractivity contribution < 1.29 is 4.74 Å². The normalized spacial score (nSPS) is 12.5. The SMILES string of the molecule is CCCOc1ccc(C)cc1NCC(N)CC(C)C. The average molecular weight is 264 g/mol. The van der Waals surface area contributed by atoms with Crippen LogP contribution in [0.1, 0.15) is 39.2 Å². The predicted molar refractivity (Wildman–Crippen MR) is 82.9 cm³/mol. The molecule has 0 bridgehead atoms. The van der Waals surface area contributed by atoms with E-state index in [2.05, 4.69) is 45.1 Å². The van der Waals surface area contributed by atoms with Crippen molar-refractivity contribution in [3.63, 3.8) is 0 Å². The van der Waals surface area contributed by atoms with E-state index in [0.29, 0.717) is 5.92 Å². The number of rotatable bonds is 8. The Kier molecular flexibility index (Phi) is 6.71. The lowest BCUT2D eigenvalue weighted by molar-refractivity contribution is 0.318. The molecule has 1 aromatic rings. The zero-order chi connectivity index (χ0) is 14.3. The lowest BCUT2D eigenvalue weighted by atomic mass is 10.0. The van der Waals surface area contributed by atoms with Gasteiger partial charge in [-0.05, 0) is 43.4 Å². The van der Waals surface area contributed by atoms with Crippen molar-refractivity contribution in [3.8, 4) is 5.75 Å². The van der Waals surface area contributed by atoms with Crippen LogP contribution in [0.15, 0.2) is 18.2 Å². The third-order valence-corrected chi connectivity index (χ3v) is 2.93. The van der Waals surface area contributed by atoms with E-state index < -0.39 is 0 Å². The Bertz CT molecular complexity index is 377. The highest BCUT2D eigenvalue weighted by Gasteiger charge is 2.08. The number of ether oxygens (including phenoxy) is 1. The van der Waals surface area contributed by atoms with Crippen molar-refractivity contribution in [2.45, 2.75) is 46.6 Å². The summed E-state index contributed by atoms with van der Waals surface area (Å²) in [6, 6.07) is 6.40. The Labute approximate surface area is 117 Å². The van der Waals surface area contributed by atoms with E-state index in [1.807, 2.05) is 6.07 Å². The highest BCUT2D eigenvalue weighted by Crippen LogP contribution is 2.25. The van der Waals surface area contributed by atoms with Crippen LogP contribution < -0.4 is 15.8 Å². The van der Waals surface area contributed by atoms with Crippen LogP contribution >= 0.6 is 0 Å². The van der Waals surface area contributed by atoms with Gasteiger partial charge in [-0.3, -0.25) is 0 Å². The van der Waals surface area contributed by atoms with E-state index in [0.717, 1.165) is 37.4 Å². The van der Waals surface area contributed by atoms with Crippen molar-refractivity contribution in [1.82, 2.24) is 0 Å². The fourth-order valence-corrected chi connectivity index (χ4v) is 2.05. The molecule has 19 heavy (non-hydrogen) atoms. The van der Waals surface area contributed by atoms with Gasteiger partial charge >= 0.3 is 0 Å². The summed E-state index contributed by atoms with van der Waals surface area (Å²) in [6.45, 7) is 10.1. The molecular formula is C16H28N2O. The first-order valence-electron chi connectivity index (χ1n) is 7.25. The first kappa shape index (κ1) is 15.8. The van der Waals surface area contributed by atoms with Gasteiger partial charge in [-0.25, -0.2) is 0 Å². The number of aryl methyl sites for hydroxylation is 1. The van der Waals surface area contributed by atoms with Crippen LogP contribution in [0.3, 0.4) is 0 Å². The highest BCUT2D eigenvalue weighted by molar-refractivity contribution is 5.58. The minimum absolute atomic E-state index is 0.180. The maximum absolute atomic E-state index is 6.11. The fraction of sp³-hybridized carbons (Fsp3) is 0.625. The molecule has 3 heteroatoms. The minimum Gasteiger partial charge on any atom is -0.491 e. The molecule has 0 spiro atoms. The van der Waals surface area contributed by atoms with Gasteiger partial charge in [0.05, 0.1) is 12.3 Å². The lowest BCUT2D eigenvalue weighted by Crippen LogP contribution is -2.30. The molecule has 0 aliphatic carbocycles. The summed E-state index contributed by atoms with van der Waals surface area (Å²) in [5.41, 5.74) is 8.38. The van der Waals surface area contributed by atoms with Crippen LogP contribution in [0.25, 0.3) is 0 Å². The van der Waals surface area contributed by atoms with Crippen molar-refractivity contribution in [1.29, 1.82) is 0 Å². The van der Waals surface area contributed by atoms with Gasteiger partial charge < -0.3 is 15.8 Å². The van der Waals surface area contributed by atoms with E-state index in [1.165, 1.54) is 5.56 Å². The molecule has 0 aromatic heterocycles. The summed E-state index contributed by atoms with van der Waals surface area (Å²) in [6.07, 6.45) is 2.05. The highest BCUT2D eigenvalue weighted by atomic mass is 16.5. The van der Waals surface area contributed by atoms with Crippen molar-refractivity contribution in [2.75, 3.05) is 18.5 Å². The largest absolute Gasteiger partial charge is 0.491 e. The first-order chi connectivity index (χ1) is 9.02. The zero-order valence-electron chi connectivity index (χ0n) is 12.7. The first-order valence-corrected chi connectivity index (χ1v) is 7.25. The summed E-state index contributed by atoms with van der Waals surface area (Å²) in [4.78, 5) is 0. The molecule has 1 unspecified atom stereocenters. The van der Waals surface area contributed by atoms with E-state index >= 15 is 0 Å². The third-order valence-electron chi connectivity index (χ3n) is 2.93. The number of hydrogen-bond acceptors (Lipinski definition) is 3. The van der Waals surface area contributed by atoms with Crippen LogP contribution in [-0.4, -0.2) is 19.2 Å². The van der Waals surface area contributed by atoms with Crippen LogP contribution in [0.2, 0.25) is 0 Å². The third kappa shape index (κ3) is 5.97. The molecule has 0 aliphatic rings. The molecule has 0 radical (unpaired) electrons. The zero-order valence-corrected chi connectivity index (χ0v) is 12.7. The summed E-state index contributed by atoms with van der Waals surface area (Å²) in [7, 11) is 0. The summed E-state index contributed by atoms with van der Waals surface area (Å²) in [5.74, 6) is 1.55. The quantitative estimate of drug-likeness (QED) is 0.754. The van der Waals surface area contributed by atoms with Gasteiger partial charge in [-0.2, -0.15) is 0 Å². The van der Waals surface area contributed by atoms with Crippen LogP contribution in [0, 0.1) is 12.8 Å². The molecule has 1 aromatic carbocycles. The van der Waals surface area contributed by atoms with Gasteiger partial charge in [0.1, 0.15) is 5.75 Å². The van der Waals surface area contributed by atoms with Gasteiger partial charge in [0.2, 0.25) is 0 Å². The van der Waals surface area contributed by atoms with Gasteiger partial charge in [0, 0.05) is 12.6 Å². The average Bonchev–Trinajstić information content (AvgIpc) is 2.34. The number of anilines is 1. The number of nitrogens with two attached hydrogens (primary N) is 1. The van der Waals surface area contributed by atoms with Gasteiger partial charge in [-0.15, -0.1) is 0 Å². The maximum atomic E-state index is 6.11. The minimum atomic E-state index is 0.180. The molecular weight excluding hydrogens is 236 g/mol. The second kappa shape index (κ2) is 8.05. The molecule has 0 saturated heterocycles. The molecule has 1 rings (SSSR count). The molecule has 108 valence electrons. The van der Waals surface area contributed by atoms with Crippen molar-refractivity contribution in [3.05, 3.63) is 23.8 Å². The Morgan fingerprint density at radius 3 is 2.68 bits per heavy atom. The van der Waals surface area contributed by atoms with E-state index in [-0.39, 0.29) is 6.04 Å². The Balaban J connectivity index is 2.62. The molecule has 3 N–H and O–H groups in total. The standard InChI is InChI=1S/C16H28N2O/c1-5-8-19-16-7-6-13(4)10-15(16)18-11-14(17)9-12(2)3/h6-7,10,12,14,18H,5,8-9,11,17H2,1-4H3. The number of benzene rings is 1. The summed E-state index contributed by atoms with van der Waals surface area (Å²) < 4.78 is 5.75. The molecule has 3 nitrogen and oxygen atoms in total. The van der Waals surface area contributed by atoms with Gasteiger partial charge in [-0.1, -0.05) is 26.8 Å². The molecule has 0 amide bonds. The van der Waals surface area contributed by atoms with Crippen molar-refractivity contribution in [2.24, 2.45) is 11.7 Å². The van der Waals surface area contributed by atoms with E-state index in [9.17, 15) is 0 Å². The molecule has 0 heterocycles. The van der Waals surface area contributed by atoms with Crippen LogP contribution in [0.4, 0.5) is 5.69 Å². The second-order valence-electron chi connectivity index (χ2n) is 5.62. The Hall–Kier alpha value is -1.22. The van der Waals surface area contributed by atoms with Gasteiger partial charge in [0.15, 0.2) is 0 Å². The monoisotopic (exact) mass is 264 g/mol. The van der Waals surface area contributed by atoms with E-state index in [4.69, 9.17) is 10.5 Å². The van der Waals surface area contributed by atoms with Crippen LogP contribution in [0.5, 0.6) is 5.75 Å². The van der Waals surface area contributed by atoms with Crippen molar-refractivity contribution >= 4 is 5.69 Å². The topological polar surface area (TPSA) is 47.3 Å². The lowest BCUT2D eigenvalue weighted by Gasteiger charge is -2.18. The Morgan fingerprint density at radius 2 is 2.05 bits per heavy atom. The smallest absolute Gasteiger partial charge is 0.142 e. The molecule has 0 aliphatic heterocycles. The second-order valence-corrected chi connectivity index (χ2v) is 5.62. The fourth-order valence-electron chi connectivity index (χ4n) is 2.05. The maximum Gasteiger partial charge on any atom is 0.142 e. The Morgan fingerprint density at radius 1 is 1.32 bits per heavy atom. The summed E-state index contributed by atoms with van der Waals surface area (Å²) in [5, 5.41) is 3.42. The van der Waals surface area contributed by atoms with Gasteiger partial charge in [0.25, 0.3) is 0 Å². The molecule has 0 fully saturated rings. The number of nitrogens with one attached hydrogen (secondary N) is 1. The predicted octanol–water partition coefficient (Wildman–Crippen LogP) is 3.57. The summed E-state index contributed by atoms with van der Waals surface area (Å²) >= 11 is 0. The molecule has 0 saturated carbocycles. The molecule has 1 atom stereocenters. The van der Waals surface area contributed by atoms with E-state index in [1.54, 1.807) is 0 Å².